The molecule has 0 N–H and O–H groups in total. The Bertz CT molecular complexity index is 61.5. The van der Waals surface area contributed by atoms with Crippen LogP contribution in [-0.2, 0) is 0 Å². The third-order valence-corrected chi connectivity index (χ3v) is 1.48. The Hall–Kier alpha value is 0.510. The van der Waals surface area contributed by atoms with E-state index in [1.165, 1.54) is 6.42 Å². The fourth-order valence-electron chi connectivity index (χ4n) is 0.420. The largest absolute Gasteiger partial charge is 0.127 e. The molecule has 2 heteroatoms. The van der Waals surface area contributed by atoms with E-state index in [4.69, 9.17) is 11.6 Å². The predicted octanol–water partition coefficient (Wildman–Crippen LogP) is 3.30. The monoisotopic (exact) mass is 196 g/mol. The van der Waals surface area contributed by atoms with Gasteiger partial charge in [-0.1, -0.05) is 22.0 Å². The molecule has 0 atom stereocenters. The van der Waals surface area contributed by atoms with Gasteiger partial charge in [0.05, 0.1) is 0 Å². The highest BCUT2D eigenvalue weighted by atomic mass is 79.9. The molecule has 0 radical (unpaired) electrons. The summed E-state index contributed by atoms with van der Waals surface area (Å²) >= 11 is 8.63. The van der Waals surface area contributed by atoms with Crippen LogP contribution in [0.5, 0.6) is 0 Å². The third-order valence-electron chi connectivity index (χ3n) is 0.844. The lowest BCUT2D eigenvalue weighted by atomic mass is 10.2. The molecular formula is C6H10BrCl. The van der Waals surface area contributed by atoms with E-state index in [0.29, 0.717) is 0 Å². The molecule has 0 aromatic rings. The van der Waals surface area contributed by atoms with E-state index in [0.717, 1.165) is 18.7 Å². The highest BCUT2D eigenvalue weighted by Crippen LogP contribution is 1.98. The second-order valence-electron chi connectivity index (χ2n) is 1.55. The normalized spacial score (nSPS) is 10.8. The average molecular weight is 198 g/mol. The first kappa shape index (κ1) is 8.51. The molecule has 0 unspecified atom stereocenters. The summed E-state index contributed by atoms with van der Waals surface area (Å²) in [5.41, 5.74) is 0. The molecule has 48 valence electrons. The first-order valence-corrected chi connectivity index (χ1v) is 4.18. The van der Waals surface area contributed by atoms with Crippen molar-refractivity contribution in [2.75, 3.05) is 5.88 Å². The smallest absolute Gasteiger partial charge is 0.0223 e. The van der Waals surface area contributed by atoms with Crippen LogP contribution in [0.25, 0.3) is 0 Å². The van der Waals surface area contributed by atoms with Crippen LogP contribution >= 0.6 is 27.5 Å². The van der Waals surface area contributed by atoms with Crippen LogP contribution in [-0.4, -0.2) is 5.88 Å². The molecule has 8 heavy (non-hydrogen) atoms. The first-order chi connectivity index (χ1) is 3.91. The van der Waals surface area contributed by atoms with Crippen molar-refractivity contribution in [2.45, 2.75) is 19.3 Å². The highest BCUT2D eigenvalue weighted by Gasteiger charge is 1.80. The van der Waals surface area contributed by atoms with Crippen LogP contribution < -0.4 is 0 Å². The van der Waals surface area contributed by atoms with Crippen LogP contribution in [0.2, 0.25) is 0 Å². The zero-order chi connectivity index (χ0) is 6.24. The summed E-state index contributed by atoms with van der Waals surface area (Å²) in [4.78, 5) is 1.89. The molecule has 0 nitrogen and oxygen atoms in total. The molecule has 0 aromatic heterocycles. The standard InChI is InChI=1S/C6H10BrCl/c7-5-3-1-2-4-6-8/h3,5H,1-2,4,6H2/b5-3-. The van der Waals surface area contributed by atoms with Gasteiger partial charge in [0.2, 0.25) is 0 Å². The summed E-state index contributed by atoms with van der Waals surface area (Å²) in [6.07, 6.45) is 5.55. The summed E-state index contributed by atoms with van der Waals surface area (Å²) in [6.45, 7) is 0. The van der Waals surface area contributed by atoms with Gasteiger partial charge < -0.3 is 0 Å². The van der Waals surface area contributed by atoms with Gasteiger partial charge >= 0.3 is 0 Å². The minimum atomic E-state index is 0.788. The Kier molecular flexibility index (Phi) is 7.99. The van der Waals surface area contributed by atoms with Crippen molar-refractivity contribution >= 4 is 27.5 Å². The summed E-state index contributed by atoms with van der Waals surface area (Å²) in [6, 6.07) is 0. The number of allylic oxidation sites excluding steroid dienone is 1. The third kappa shape index (κ3) is 6.51. The van der Waals surface area contributed by atoms with E-state index in [1.54, 1.807) is 0 Å². The summed E-state index contributed by atoms with van der Waals surface area (Å²) in [5, 5.41) is 0. The molecule has 0 spiro atoms. The Morgan fingerprint density at radius 1 is 1.38 bits per heavy atom. The first-order valence-electron chi connectivity index (χ1n) is 2.73. The summed E-state index contributed by atoms with van der Waals surface area (Å²) in [7, 11) is 0. The van der Waals surface area contributed by atoms with E-state index in [9.17, 15) is 0 Å². The quantitative estimate of drug-likeness (QED) is 0.479. The zero-order valence-corrected chi connectivity index (χ0v) is 7.08. The van der Waals surface area contributed by atoms with Crippen molar-refractivity contribution in [3.63, 3.8) is 0 Å². The molecule has 0 saturated heterocycles. The van der Waals surface area contributed by atoms with Crippen molar-refractivity contribution in [1.29, 1.82) is 0 Å². The second kappa shape index (κ2) is 7.51. The van der Waals surface area contributed by atoms with E-state index in [-0.39, 0.29) is 0 Å². The van der Waals surface area contributed by atoms with Gasteiger partial charge in [0.15, 0.2) is 0 Å². The van der Waals surface area contributed by atoms with Gasteiger partial charge in [-0.15, -0.1) is 11.6 Å². The van der Waals surface area contributed by atoms with Crippen LogP contribution in [0.3, 0.4) is 0 Å². The average Bonchev–Trinajstić information content (AvgIpc) is 1.81. The number of rotatable bonds is 4. The maximum Gasteiger partial charge on any atom is 0.0223 e. The molecule has 0 amide bonds. The van der Waals surface area contributed by atoms with Gasteiger partial charge in [-0.05, 0) is 24.2 Å². The Labute approximate surface area is 64.0 Å². The van der Waals surface area contributed by atoms with Crippen molar-refractivity contribution in [1.82, 2.24) is 0 Å². The topological polar surface area (TPSA) is 0 Å². The van der Waals surface area contributed by atoms with Gasteiger partial charge in [0, 0.05) is 5.88 Å². The van der Waals surface area contributed by atoms with Crippen molar-refractivity contribution < 1.29 is 0 Å². The number of halogens is 2. The lowest BCUT2D eigenvalue weighted by Crippen LogP contribution is -1.72. The predicted molar refractivity (Wildman–Crippen MR) is 42.6 cm³/mol. The van der Waals surface area contributed by atoms with E-state index in [2.05, 4.69) is 22.0 Å². The van der Waals surface area contributed by atoms with Crippen molar-refractivity contribution in [2.24, 2.45) is 0 Å². The fraction of sp³-hybridized carbons (Fsp3) is 0.667. The molecule has 0 saturated carbocycles. The number of hydrogen-bond acceptors (Lipinski definition) is 0. The lowest BCUT2D eigenvalue weighted by Gasteiger charge is -1.87. The Morgan fingerprint density at radius 2 is 2.12 bits per heavy atom. The van der Waals surface area contributed by atoms with Gasteiger partial charge in [-0.3, -0.25) is 0 Å². The van der Waals surface area contributed by atoms with Crippen molar-refractivity contribution in [3.05, 3.63) is 11.1 Å². The maximum atomic E-state index is 5.44. The van der Waals surface area contributed by atoms with E-state index >= 15 is 0 Å². The van der Waals surface area contributed by atoms with Crippen LogP contribution in [0.1, 0.15) is 19.3 Å². The number of alkyl halides is 1. The number of hydrogen-bond donors (Lipinski definition) is 0. The van der Waals surface area contributed by atoms with E-state index < -0.39 is 0 Å². The molecule has 0 fully saturated rings. The molecule has 0 aliphatic rings. The summed E-state index contributed by atoms with van der Waals surface area (Å²) < 4.78 is 0. The maximum absolute atomic E-state index is 5.44. The van der Waals surface area contributed by atoms with Gasteiger partial charge in [0.1, 0.15) is 0 Å². The van der Waals surface area contributed by atoms with Gasteiger partial charge in [-0.2, -0.15) is 0 Å². The zero-order valence-electron chi connectivity index (χ0n) is 4.74. The molecule has 0 aliphatic carbocycles. The van der Waals surface area contributed by atoms with Crippen molar-refractivity contribution in [3.8, 4) is 0 Å². The molecule has 0 aliphatic heterocycles. The lowest BCUT2D eigenvalue weighted by molar-refractivity contribution is 0.821. The van der Waals surface area contributed by atoms with Gasteiger partial charge in [0.25, 0.3) is 0 Å². The highest BCUT2D eigenvalue weighted by molar-refractivity contribution is 9.11. The molecular weight excluding hydrogens is 187 g/mol. The van der Waals surface area contributed by atoms with Crippen LogP contribution in [0.15, 0.2) is 11.1 Å². The summed E-state index contributed by atoms with van der Waals surface area (Å²) in [5.74, 6) is 0.788. The minimum Gasteiger partial charge on any atom is -0.127 e. The molecule has 0 aromatic carbocycles. The minimum absolute atomic E-state index is 0.788. The fourth-order valence-corrected chi connectivity index (χ4v) is 0.873. The number of unbranched alkanes of at least 4 members (excludes halogenated alkanes) is 2. The SMILES string of the molecule is ClCCCC/C=C\Br. The Morgan fingerprint density at radius 3 is 2.62 bits per heavy atom. The molecule has 0 heterocycles. The van der Waals surface area contributed by atoms with Crippen LogP contribution in [0, 0.1) is 0 Å². The molecule has 0 bridgehead atoms. The Balaban J connectivity index is 2.72. The van der Waals surface area contributed by atoms with E-state index in [1.807, 2.05) is 4.99 Å². The molecule has 0 rings (SSSR count). The van der Waals surface area contributed by atoms with Gasteiger partial charge in [-0.25, -0.2) is 0 Å². The second-order valence-corrected chi connectivity index (χ2v) is 2.45. The van der Waals surface area contributed by atoms with Crippen LogP contribution in [0.4, 0.5) is 0 Å².